The first-order valence-electron chi connectivity index (χ1n) is 10.4. The van der Waals surface area contributed by atoms with Crippen LogP contribution in [0.15, 0.2) is 48.5 Å². The lowest BCUT2D eigenvalue weighted by molar-refractivity contribution is 0.578. The maximum atomic E-state index is 2.65. The van der Waals surface area contributed by atoms with Gasteiger partial charge in [-0.15, -0.1) is 0 Å². The molecule has 0 spiro atoms. The Hall–Kier alpha value is -2.22. The fraction of sp³-hybridized carbons (Fsp3) is 0.417. The van der Waals surface area contributed by atoms with Gasteiger partial charge in [-0.05, 0) is 38.5 Å². The van der Waals surface area contributed by atoms with E-state index in [4.69, 9.17) is 0 Å². The summed E-state index contributed by atoms with van der Waals surface area (Å²) in [5, 5.41) is 5.75. The van der Waals surface area contributed by atoms with Gasteiger partial charge >= 0.3 is 0 Å². The predicted octanol–water partition coefficient (Wildman–Crippen LogP) is 5.97. The fourth-order valence-corrected chi connectivity index (χ4v) is 5.00. The highest BCUT2D eigenvalue weighted by Gasteiger charge is 2.22. The van der Waals surface area contributed by atoms with Crippen molar-refractivity contribution in [2.45, 2.75) is 38.5 Å². The molecule has 2 nitrogen and oxygen atoms in total. The minimum absolute atomic E-state index is 1.19. The zero-order valence-electron chi connectivity index (χ0n) is 15.6. The summed E-state index contributed by atoms with van der Waals surface area (Å²) in [6.45, 7) is 4.77. The van der Waals surface area contributed by atoms with Gasteiger partial charge in [-0.25, -0.2) is 0 Å². The molecular weight excluding hydrogens is 316 g/mol. The van der Waals surface area contributed by atoms with Gasteiger partial charge in [0.15, 0.2) is 0 Å². The third kappa shape index (κ3) is 2.63. The molecule has 0 unspecified atom stereocenters. The minimum atomic E-state index is 1.19. The number of hydrogen-bond acceptors (Lipinski definition) is 2. The van der Waals surface area contributed by atoms with Gasteiger partial charge in [0, 0.05) is 47.7 Å². The maximum absolute atomic E-state index is 2.65. The standard InChI is InChI=1S/C24H28N2/c1-7-15-25(16-8-1)23-19-11-3-5-13-21(19)24(26-17-9-2-10-18-26)22-14-6-4-12-20(22)23/h3-6,11-14H,1-2,7-10,15-18H2. The highest BCUT2D eigenvalue weighted by atomic mass is 15.2. The number of hydrogen-bond donors (Lipinski definition) is 0. The van der Waals surface area contributed by atoms with Crippen molar-refractivity contribution < 1.29 is 0 Å². The second-order valence-corrected chi connectivity index (χ2v) is 7.88. The van der Waals surface area contributed by atoms with Gasteiger partial charge in [-0.2, -0.15) is 0 Å². The zero-order chi connectivity index (χ0) is 17.3. The maximum Gasteiger partial charge on any atom is 0.0527 e. The molecular formula is C24H28N2. The number of fused-ring (bicyclic) bond motifs is 2. The highest BCUT2D eigenvalue weighted by molar-refractivity contribution is 6.20. The Morgan fingerprint density at radius 2 is 0.731 bits per heavy atom. The van der Waals surface area contributed by atoms with Crippen LogP contribution in [0.4, 0.5) is 11.4 Å². The van der Waals surface area contributed by atoms with Gasteiger partial charge in [-0.1, -0.05) is 48.5 Å². The molecule has 0 aliphatic carbocycles. The van der Waals surface area contributed by atoms with Crippen molar-refractivity contribution >= 4 is 32.9 Å². The van der Waals surface area contributed by atoms with E-state index >= 15 is 0 Å². The summed E-state index contributed by atoms with van der Waals surface area (Å²) in [5.74, 6) is 0. The van der Waals surface area contributed by atoms with Crippen LogP contribution in [-0.4, -0.2) is 26.2 Å². The van der Waals surface area contributed by atoms with Crippen LogP contribution in [-0.2, 0) is 0 Å². The monoisotopic (exact) mass is 344 g/mol. The van der Waals surface area contributed by atoms with E-state index in [9.17, 15) is 0 Å². The van der Waals surface area contributed by atoms with E-state index in [1.54, 1.807) is 0 Å². The van der Waals surface area contributed by atoms with Gasteiger partial charge in [0.05, 0.1) is 11.4 Å². The second kappa shape index (κ2) is 6.83. The van der Waals surface area contributed by atoms with Crippen molar-refractivity contribution in [2.24, 2.45) is 0 Å². The largest absolute Gasteiger partial charge is 0.371 e. The molecule has 2 aliphatic rings. The number of benzene rings is 3. The molecule has 0 bridgehead atoms. The van der Waals surface area contributed by atoms with Crippen LogP contribution < -0.4 is 9.80 Å². The molecule has 2 aliphatic heterocycles. The van der Waals surface area contributed by atoms with Crippen molar-refractivity contribution in [2.75, 3.05) is 36.0 Å². The number of piperidine rings is 2. The molecule has 134 valence electrons. The van der Waals surface area contributed by atoms with Crippen LogP contribution in [0.25, 0.3) is 21.5 Å². The van der Waals surface area contributed by atoms with E-state index in [1.165, 1.54) is 97.6 Å². The van der Waals surface area contributed by atoms with Crippen molar-refractivity contribution in [3.8, 4) is 0 Å². The molecule has 0 amide bonds. The van der Waals surface area contributed by atoms with Crippen molar-refractivity contribution in [3.05, 3.63) is 48.5 Å². The van der Waals surface area contributed by atoms with Crippen LogP contribution in [0.5, 0.6) is 0 Å². The summed E-state index contributed by atoms with van der Waals surface area (Å²) in [5.41, 5.74) is 2.94. The lowest BCUT2D eigenvalue weighted by Gasteiger charge is -2.35. The highest BCUT2D eigenvalue weighted by Crippen LogP contribution is 2.44. The number of anilines is 2. The fourth-order valence-electron chi connectivity index (χ4n) is 5.00. The Bertz CT molecular complexity index is 785. The van der Waals surface area contributed by atoms with E-state index in [0.717, 1.165) is 0 Å². The van der Waals surface area contributed by atoms with Gasteiger partial charge in [0.2, 0.25) is 0 Å². The summed E-state index contributed by atoms with van der Waals surface area (Å²) < 4.78 is 0. The Balaban J connectivity index is 1.82. The predicted molar refractivity (Wildman–Crippen MR) is 114 cm³/mol. The smallest absolute Gasteiger partial charge is 0.0527 e. The first kappa shape index (κ1) is 16.0. The summed E-state index contributed by atoms with van der Waals surface area (Å²) in [6, 6.07) is 18.2. The molecule has 0 saturated carbocycles. The third-order valence-electron chi connectivity index (χ3n) is 6.22. The molecule has 2 heteroatoms. The molecule has 2 heterocycles. The van der Waals surface area contributed by atoms with Gasteiger partial charge in [0.25, 0.3) is 0 Å². The first-order chi connectivity index (χ1) is 12.9. The summed E-state index contributed by atoms with van der Waals surface area (Å²) in [6.07, 6.45) is 8.01. The third-order valence-corrected chi connectivity index (χ3v) is 6.22. The average molecular weight is 345 g/mol. The number of rotatable bonds is 2. The molecule has 5 rings (SSSR count). The van der Waals surface area contributed by atoms with E-state index in [0.29, 0.717) is 0 Å². The Kier molecular flexibility index (Phi) is 4.20. The molecule has 26 heavy (non-hydrogen) atoms. The van der Waals surface area contributed by atoms with Crippen molar-refractivity contribution in [3.63, 3.8) is 0 Å². The van der Waals surface area contributed by atoms with E-state index < -0.39 is 0 Å². The lowest BCUT2D eigenvalue weighted by atomic mass is 9.95. The summed E-state index contributed by atoms with van der Waals surface area (Å²) in [7, 11) is 0. The normalized spacial score (nSPS) is 18.6. The molecule has 3 aromatic rings. The average Bonchev–Trinajstić information content (AvgIpc) is 2.73. The van der Waals surface area contributed by atoms with Crippen LogP contribution in [0.1, 0.15) is 38.5 Å². The van der Waals surface area contributed by atoms with Gasteiger partial charge in [0.1, 0.15) is 0 Å². The zero-order valence-corrected chi connectivity index (χ0v) is 15.6. The van der Waals surface area contributed by atoms with Crippen LogP contribution in [0, 0.1) is 0 Å². The van der Waals surface area contributed by atoms with Crippen molar-refractivity contribution in [1.82, 2.24) is 0 Å². The van der Waals surface area contributed by atoms with Crippen LogP contribution >= 0.6 is 0 Å². The molecule has 3 aromatic carbocycles. The Morgan fingerprint density at radius 3 is 1.04 bits per heavy atom. The van der Waals surface area contributed by atoms with Crippen LogP contribution in [0.2, 0.25) is 0 Å². The quantitative estimate of drug-likeness (QED) is 0.528. The van der Waals surface area contributed by atoms with Gasteiger partial charge < -0.3 is 9.80 Å². The number of nitrogens with zero attached hydrogens (tertiary/aromatic N) is 2. The molecule has 2 saturated heterocycles. The van der Waals surface area contributed by atoms with Crippen LogP contribution in [0.3, 0.4) is 0 Å². The van der Waals surface area contributed by atoms with E-state index in [1.807, 2.05) is 0 Å². The summed E-state index contributed by atoms with van der Waals surface area (Å²) in [4.78, 5) is 5.29. The molecule has 0 N–H and O–H groups in total. The van der Waals surface area contributed by atoms with E-state index in [2.05, 4.69) is 58.3 Å². The van der Waals surface area contributed by atoms with Gasteiger partial charge in [-0.3, -0.25) is 0 Å². The molecule has 0 aromatic heterocycles. The first-order valence-corrected chi connectivity index (χ1v) is 10.4. The minimum Gasteiger partial charge on any atom is -0.371 e. The SMILES string of the molecule is c1ccc2c(N3CCCCC3)c3ccccc3c(N3CCCCC3)c2c1. The molecule has 0 radical (unpaired) electrons. The second-order valence-electron chi connectivity index (χ2n) is 7.88. The lowest BCUT2D eigenvalue weighted by Crippen LogP contribution is -2.31. The Morgan fingerprint density at radius 1 is 0.423 bits per heavy atom. The Labute approximate surface area is 156 Å². The molecule has 2 fully saturated rings. The summed E-state index contributed by atoms with van der Waals surface area (Å²) >= 11 is 0. The molecule has 0 atom stereocenters. The topological polar surface area (TPSA) is 6.48 Å². The van der Waals surface area contributed by atoms with E-state index in [-0.39, 0.29) is 0 Å². The van der Waals surface area contributed by atoms with Crippen molar-refractivity contribution in [1.29, 1.82) is 0 Å².